The number of aryl methyl sites for hydroxylation is 2. The van der Waals surface area contributed by atoms with Crippen molar-refractivity contribution in [2.24, 2.45) is 0 Å². The van der Waals surface area contributed by atoms with E-state index in [-0.39, 0.29) is 0 Å². The zero-order valence-corrected chi connectivity index (χ0v) is 16.2. The molecule has 4 rings (SSSR count). The number of anilines is 1. The molecule has 0 amide bonds. The summed E-state index contributed by atoms with van der Waals surface area (Å²) >= 11 is 0. The van der Waals surface area contributed by atoms with Gasteiger partial charge in [-0.2, -0.15) is 4.57 Å². The molecule has 0 bridgehead atoms. The first-order valence-corrected chi connectivity index (χ1v) is 9.18. The maximum absolute atomic E-state index is 2.38. The van der Waals surface area contributed by atoms with Gasteiger partial charge in [-0.3, -0.25) is 0 Å². The van der Waals surface area contributed by atoms with Crippen LogP contribution in [0.25, 0.3) is 16.6 Å². The number of para-hydroxylation sites is 1. The van der Waals surface area contributed by atoms with Gasteiger partial charge in [-0.25, -0.2) is 0 Å². The summed E-state index contributed by atoms with van der Waals surface area (Å²) in [5, 5.41) is 1.26. The van der Waals surface area contributed by atoms with Crippen LogP contribution < -0.4 is 9.47 Å². The van der Waals surface area contributed by atoms with Crippen molar-refractivity contribution in [2.75, 3.05) is 11.9 Å². The van der Waals surface area contributed by atoms with Crippen molar-refractivity contribution < 1.29 is 4.57 Å². The van der Waals surface area contributed by atoms with E-state index in [1.807, 2.05) is 0 Å². The number of nitrogens with zero attached hydrogens (tertiary/aromatic N) is 3. The average molecular weight is 344 g/mol. The molecule has 0 fully saturated rings. The molecule has 1 aromatic heterocycles. The number of pyridine rings is 1. The molecular weight excluding hydrogens is 318 g/mol. The molecule has 0 aliphatic carbocycles. The Hall–Kier alpha value is -2.81. The number of aromatic nitrogens is 1. The molecule has 132 valence electrons. The molecular formula is C23H26N3+. The van der Waals surface area contributed by atoms with Crippen LogP contribution in [0.15, 0.2) is 60.9 Å². The normalized spacial score (nSPS) is 16.7. The molecule has 2 aromatic carbocycles. The minimum absolute atomic E-state index is 0.321. The summed E-state index contributed by atoms with van der Waals surface area (Å²) in [5.74, 6) is 0. The van der Waals surface area contributed by atoms with Gasteiger partial charge in [-0.05, 0) is 44.5 Å². The maximum atomic E-state index is 2.38. The van der Waals surface area contributed by atoms with E-state index in [1.54, 1.807) is 0 Å². The predicted molar refractivity (Wildman–Crippen MR) is 109 cm³/mol. The Morgan fingerprint density at radius 2 is 1.69 bits per heavy atom. The number of rotatable bonds is 2. The lowest BCUT2D eigenvalue weighted by Crippen LogP contribution is -2.38. The molecule has 26 heavy (non-hydrogen) atoms. The van der Waals surface area contributed by atoms with Crippen LogP contribution in [0.3, 0.4) is 0 Å². The van der Waals surface area contributed by atoms with E-state index < -0.39 is 0 Å². The quantitative estimate of drug-likeness (QED) is 0.629. The summed E-state index contributed by atoms with van der Waals surface area (Å²) in [6, 6.07) is 17.6. The molecule has 1 atom stereocenters. The lowest BCUT2D eigenvalue weighted by molar-refractivity contribution is -0.574. The van der Waals surface area contributed by atoms with Gasteiger partial charge >= 0.3 is 0 Å². The second kappa shape index (κ2) is 6.17. The smallest absolute Gasteiger partial charge is 0.218 e. The monoisotopic (exact) mass is 344 g/mol. The first-order chi connectivity index (χ1) is 12.5. The summed E-state index contributed by atoms with van der Waals surface area (Å²) in [5.41, 5.74) is 7.58. The van der Waals surface area contributed by atoms with E-state index >= 15 is 0 Å². The van der Waals surface area contributed by atoms with Gasteiger partial charge in [-0.1, -0.05) is 12.1 Å². The van der Waals surface area contributed by atoms with Crippen LogP contribution in [0.2, 0.25) is 0 Å². The van der Waals surface area contributed by atoms with Gasteiger partial charge in [0.1, 0.15) is 6.17 Å². The third-order valence-electron chi connectivity index (χ3n) is 5.51. The van der Waals surface area contributed by atoms with Gasteiger partial charge in [0.25, 0.3) is 0 Å². The van der Waals surface area contributed by atoms with Crippen molar-refractivity contribution in [3.8, 4) is 5.69 Å². The van der Waals surface area contributed by atoms with E-state index in [4.69, 9.17) is 0 Å². The first kappa shape index (κ1) is 16.6. The van der Waals surface area contributed by atoms with Crippen LogP contribution in [0.1, 0.15) is 23.7 Å². The zero-order chi connectivity index (χ0) is 18.4. The van der Waals surface area contributed by atoms with Gasteiger partial charge in [0.05, 0.1) is 5.69 Å². The minimum atomic E-state index is 0.321. The van der Waals surface area contributed by atoms with Gasteiger partial charge in [-0.15, -0.1) is 0 Å². The standard InChI is InChI=1S/C23H26N3/c1-16-14-22(25-13-12-24(5)19(25)4)18(3)23(15-16)26-17(2)10-11-20-8-6-7-9-21(20)26/h6-15,19H,1-5H3/q+1/t19-/m1/s1. The maximum Gasteiger partial charge on any atom is 0.218 e. The predicted octanol–water partition coefficient (Wildman–Crippen LogP) is 4.61. The summed E-state index contributed by atoms with van der Waals surface area (Å²) in [4.78, 5) is 4.59. The van der Waals surface area contributed by atoms with Crippen molar-refractivity contribution in [2.45, 2.75) is 33.9 Å². The second-order valence-corrected chi connectivity index (χ2v) is 7.30. The molecule has 3 aromatic rings. The Kier molecular flexibility index (Phi) is 3.95. The average Bonchev–Trinajstić information content (AvgIpc) is 2.96. The molecule has 2 heterocycles. The Morgan fingerprint density at radius 3 is 2.42 bits per heavy atom. The Morgan fingerprint density at radius 1 is 0.923 bits per heavy atom. The SMILES string of the molecule is Cc1cc(N2C=CN(C)[C@H]2C)c(C)c(-[n+]2c(C)ccc3ccccc32)c1. The summed E-state index contributed by atoms with van der Waals surface area (Å²) in [6.45, 7) is 8.83. The highest BCUT2D eigenvalue weighted by atomic mass is 15.4. The fraction of sp³-hybridized carbons (Fsp3) is 0.261. The first-order valence-electron chi connectivity index (χ1n) is 9.18. The highest BCUT2D eigenvalue weighted by Crippen LogP contribution is 2.31. The number of hydrogen-bond acceptors (Lipinski definition) is 2. The van der Waals surface area contributed by atoms with Crippen molar-refractivity contribution in [1.82, 2.24) is 4.90 Å². The molecule has 0 saturated heterocycles. The summed E-state index contributed by atoms with van der Waals surface area (Å²) < 4.78 is 2.38. The summed E-state index contributed by atoms with van der Waals surface area (Å²) in [6.07, 6.45) is 4.64. The molecule has 1 aliphatic heterocycles. The van der Waals surface area contributed by atoms with Gasteiger partial charge in [0.15, 0.2) is 5.69 Å². The molecule has 3 nitrogen and oxygen atoms in total. The topological polar surface area (TPSA) is 10.4 Å². The van der Waals surface area contributed by atoms with Crippen molar-refractivity contribution in [3.63, 3.8) is 0 Å². The van der Waals surface area contributed by atoms with E-state index in [2.05, 4.69) is 110 Å². The fourth-order valence-electron chi connectivity index (χ4n) is 3.85. The Labute approximate surface area is 155 Å². The zero-order valence-electron chi connectivity index (χ0n) is 16.2. The molecule has 0 unspecified atom stereocenters. The van der Waals surface area contributed by atoms with Crippen LogP contribution in [0.5, 0.6) is 0 Å². The lowest BCUT2D eigenvalue weighted by Gasteiger charge is -2.28. The minimum Gasteiger partial charge on any atom is -0.359 e. The second-order valence-electron chi connectivity index (χ2n) is 7.30. The highest BCUT2D eigenvalue weighted by Gasteiger charge is 2.26. The molecule has 3 heteroatoms. The van der Waals surface area contributed by atoms with E-state index in [9.17, 15) is 0 Å². The van der Waals surface area contributed by atoms with Crippen molar-refractivity contribution in [3.05, 3.63) is 77.8 Å². The van der Waals surface area contributed by atoms with Gasteiger partial charge in [0.2, 0.25) is 11.2 Å². The number of benzene rings is 2. The molecule has 0 radical (unpaired) electrons. The van der Waals surface area contributed by atoms with Crippen molar-refractivity contribution in [1.29, 1.82) is 0 Å². The van der Waals surface area contributed by atoms with E-state index in [1.165, 1.54) is 39.1 Å². The van der Waals surface area contributed by atoms with E-state index in [0.717, 1.165) is 0 Å². The van der Waals surface area contributed by atoms with Crippen molar-refractivity contribution >= 4 is 16.6 Å². The Bertz CT molecular complexity index is 1020. The largest absolute Gasteiger partial charge is 0.359 e. The third kappa shape index (κ3) is 2.55. The molecule has 0 N–H and O–H groups in total. The van der Waals surface area contributed by atoms with Crippen LogP contribution in [0, 0.1) is 20.8 Å². The van der Waals surface area contributed by atoms with Crippen LogP contribution >= 0.6 is 0 Å². The summed E-state index contributed by atoms with van der Waals surface area (Å²) in [7, 11) is 2.12. The molecule has 1 aliphatic rings. The third-order valence-corrected chi connectivity index (χ3v) is 5.51. The Balaban J connectivity index is 1.97. The van der Waals surface area contributed by atoms with Gasteiger partial charge < -0.3 is 9.80 Å². The van der Waals surface area contributed by atoms with Crippen LogP contribution in [-0.2, 0) is 0 Å². The van der Waals surface area contributed by atoms with E-state index in [0.29, 0.717) is 6.17 Å². The molecule has 0 spiro atoms. The number of fused-ring (bicyclic) bond motifs is 1. The molecule has 0 saturated carbocycles. The highest BCUT2D eigenvalue weighted by molar-refractivity contribution is 5.76. The van der Waals surface area contributed by atoms with Crippen LogP contribution in [0.4, 0.5) is 5.69 Å². The number of hydrogen-bond donors (Lipinski definition) is 0. The fourth-order valence-corrected chi connectivity index (χ4v) is 3.85. The van der Waals surface area contributed by atoms with Gasteiger partial charge in [0, 0.05) is 55.5 Å². The van der Waals surface area contributed by atoms with Crippen LogP contribution in [-0.4, -0.2) is 18.1 Å². The lowest BCUT2D eigenvalue weighted by atomic mass is 10.0.